The molecule has 0 bridgehead atoms. The summed E-state index contributed by atoms with van der Waals surface area (Å²) in [6.45, 7) is 10.3. The van der Waals surface area contributed by atoms with E-state index in [9.17, 15) is 18.3 Å². The number of carbonyl (C=O) groups is 1. The van der Waals surface area contributed by atoms with Crippen molar-refractivity contribution in [1.29, 1.82) is 0 Å². The van der Waals surface area contributed by atoms with Crippen LogP contribution >= 0.6 is 11.6 Å². The Morgan fingerprint density at radius 1 is 1.20 bits per heavy atom. The third-order valence-electron chi connectivity index (χ3n) is 11.8. The number of ether oxygens (including phenoxy) is 2. The number of unbranched alkanes of at least 4 members (excludes halogenated alkanes) is 1. The summed E-state index contributed by atoms with van der Waals surface area (Å²) < 4.78 is 42.6. The minimum absolute atomic E-state index is 0.142. The molecule has 2 aliphatic carbocycles. The predicted octanol–water partition coefficient (Wildman–Crippen LogP) is 7.77. The Kier molecular flexibility index (Phi) is 12.2. The number of aryl methyl sites for hydroxylation is 1. The molecule has 1 saturated carbocycles. The lowest BCUT2D eigenvalue weighted by Crippen LogP contribution is -2.49. The standard InChI is InChI=1S/C41H55ClN2O6S/c1-4-6-7-13-37(45)34-17-14-31(34)25-44-26-41(20-8-11-29-22-32(42)16-18-35(29)41)27-50-38-19-15-30(23-36(38)44)40(46)43-51(47,48)39(28(3)10-5-2)24-33-12-9-21-49-33/h5,7,13,15-16,18-19,22-23,28,31,33-34,37,39,45H,2,4,6,8-12,14,17,20-21,24-27H2,1,3H3,(H,43,46)/b13-7+/t28?,31-,33+,34+,37?,39?,41-/m0/s1. The van der Waals surface area contributed by atoms with E-state index in [2.05, 4.69) is 41.3 Å². The summed E-state index contributed by atoms with van der Waals surface area (Å²) in [5.41, 5.74) is 3.24. The van der Waals surface area contributed by atoms with Crippen LogP contribution in [0.25, 0.3) is 0 Å². The number of fused-ring (bicyclic) bond motifs is 3. The van der Waals surface area contributed by atoms with Gasteiger partial charge in [0.05, 0.1) is 29.8 Å². The average molecular weight is 739 g/mol. The Bertz CT molecular complexity index is 1690. The fourth-order valence-electron chi connectivity index (χ4n) is 8.79. The van der Waals surface area contributed by atoms with Crippen LogP contribution < -0.4 is 14.4 Å². The molecule has 8 nitrogen and oxygen atoms in total. The molecule has 2 fully saturated rings. The van der Waals surface area contributed by atoms with E-state index in [-0.39, 0.29) is 34.8 Å². The number of benzene rings is 2. The Morgan fingerprint density at radius 3 is 2.76 bits per heavy atom. The predicted molar refractivity (Wildman–Crippen MR) is 204 cm³/mol. The van der Waals surface area contributed by atoms with E-state index in [1.807, 2.05) is 19.1 Å². The van der Waals surface area contributed by atoms with Gasteiger partial charge in [0, 0.05) is 35.7 Å². The monoisotopic (exact) mass is 738 g/mol. The molecule has 2 aromatic carbocycles. The molecule has 1 spiro atoms. The van der Waals surface area contributed by atoms with Crippen molar-refractivity contribution in [2.45, 2.75) is 107 Å². The van der Waals surface area contributed by atoms with Gasteiger partial charge in [0.1, 0.15) is 5.75 Å². The van der Waals surface area contributed by atoms with Crippen LogP contribution in [0.4, 0.5) is 5.69 Å². The smallest absolute Gasteiger partial charge is 0.264 e. The number of hydrogen-bond donors (Lipinski definition) is 2. The van der Waals surface area contributed by atoms with E-state index in [0.717, 1.165) is 68.5 Å². The summed E-state index contributed by atoms with van der Waals surface area (Å²) >= 11 is 6.45. The highest BCUT2D eigenvalue weighted by atomic mass is 35.5. The second-order valence-electron chi connectivity index (χ2n) is 15.4. The van der Waals surface area contributed by atoms with E-state index in [1.165, 1.54) is 11.1 Å². The van der Waals surface area contributed by atoms with Crippen molar-refractivity contribution in [1.82, 2.24) is 4.72 Å². The highest BCUT2D eigenvalue weighted by molar-refractivity contribution is 7.90. The molecule has 1 amide bonds. The Balaban J connectivity index is 1.30. The van der Waals surface area contributed by atoms with Gasteiger partial charge in [0.25, 0.3) is 5.91 Å². The topological polar surface area (TPSA) is 105 Å². The molecule has 4 aliphatic rings. The van der Waals surface area contributed by atoms with Crippen LogP contribution in [0.1, 0.15) is 99.5 Å². The second-order valence-corrected chi connectivity index (χ2v) is 17.7. The van der Waals surface area contributed by atoms with Crippen LogP contribution in [0.3, 0.4) is 0 Å². The molecule has 2 N–H and O–H groups in total. The van der Waals surface area contributed by atoms with Crippen LogP contribution in [-0.2, 0) is 26.6 Å². The Labute approximate surface area is 309 Å². The van der Waals surface area contributed by atoms with Gasteiger partial charge in [-0.05, 0) is 123 Å². The lowest BCUT2D eigenvalue weighted by atomic mass is 9.68. The molecule has 7 atom stereocenters. The van der Waals surface area contributed by atoms with Gasteiger partial charge >= 0.3 is 0 Å². The van der Waals surface area contributed by atoms with Gasteiger partial charge in [-0.3, -0.25) is 4.79 Å². The maximum Gasteiger partial charge on any atom is 0.264 e. The number of hydrogen-bond acceptors (Lipinski definition) is 7. The van der Waals surface area contributed by atoms with Gasteiger partial charge < -0.3 is 19.5 Å². The van der Waals surface area contributed by atoms with E-state index in [0.29, 0.717) is 44.9 Å². The minimum Gasteiger partial charge on any atom is -0.490 e. The third kappa shape index (κ3) is 8.53. The van der Waals surface area contributed by atoms with Gasteiger partial charge in [0.15, 0.2) is 0 Å². The molecular weight excluding hydrogens is 684 g/mol. The molecule has 278 valence electrons. The first-order valence-electron chi connectivity index (χ1n) is 19.0. The molecule has 51 heavy (non-hydrogen) atoms. The molecule has 2 aliphatic heterocycles. The molecule has 10 heteroatoms. The number of halogens is 1. The number of nitrogens with zero attached hydrogens (tertiary/aromatic N) is 1. The molecular formula is C41H55ClN2O6S. The van der Waals surface area contributed by atoms with E-state index >= 15 is 0 Å². The molecule has 3 unspecified atom stereocenters. The van der Waals surface area contributed by atoms with Crippen molar-refractivity contribution in [2.24, 2.45) is 17.8 Å². The van der Waals surface area contributed by atoms with E-state index in [1.54, 1.807) is 24.3 Å². The fourth-order valence-corrected chi connectivity index (χ4v) is 10.7. The van der Waals surface area contributed by atoms with Gasteiger partial charge in [-0.25, -0.2) is 13.1 Å². The number of anilines is 1. The molecule has 6 rings (SSSR count). The lowest BCUT2D eigenvalue weighted by Gasteiger charge is -2.45. The van der Waals surface area contributed by atoms with E-state index in [4.69, 9.17) is 21.1 Å². The quantitative estimate of drug-likeness (QED) is 0.191. The van der Waals surface area contributed by atoms with Crippen molar-refractivity contribution in [3.63, 3.8) is 0 Å². The largest absolute Gasteiger partial charge is 0.490 e. The van der Waals surface area contributed by atoms with Gasteiger partial charge in [0.2, 0.25) is 10.0 Å². The first-order valence-corrected chi connectivity index (χ1v) is 20.9. The Hall–Kier alpha value is -2.85. The number of amides is 1. The van der Waals surface area contributed by atoms with Crippen LogP contribution in [0.5, 0.6) is 5.75 Å². The summed E-state index contributed by atoms with van der Waals surface area (Å²) in [5.74, 6) is 0.178. The zero-order valence-electron chi connectivity index (χ0n) is 30.2. The minimum atomic E-state index is -4.04. The van der Waals surface area contributed by atoms with Crippen LogP contribution in [0.2, 0.25) is 5.02 Å². The van der Waals surface area contributed by atoms with Gasteiger partial charge in [-0.1, -0.05) is 56.2 Å². The molecule has 1 saturated heterocycles. The van der Waals surface area contributed by atoms with Crippen molar-refractivity contribution < 1.29 is 27.8 Å². The SMILES string of the molecule is C=CCC(C)C(C[C@H]1CCCO1)S(=O)(=O)NC(=O)c1ccc2c(c1)N(C[C@@H]1CC[C@H]1C(O)/C=C/CCC)C[C@@]1(CCCc3cc(Cl)ccc31)CO2. The molecule has 0 aromatic heterocycles. The number of rotatable bonds is 14. The van der Waals surface area contributed by atoms with Crippen molar-refractivity contribution >= 4 is 33.2 Å². The highest BCUT2D eigenvalue weighted by Crippen LogP contribution is 2.47. The number of carbonyl (C=O) groups excluding carboxylic acids is 1. The first kappa shape index (κ1) is 37.9. The van der Waals surface area contributed by atoms with Crippen molar-refractivity contribution in [2.75, 3.05) is 31.2 Å². The zero-order valence-corrected chi connectivity index (χ0v) is 31.8. The lowest BCUT2D eigenvalue weighted by molar-refractivity contribution is 0.0456. The fraction of sp³-hybridized carbons (Fsp3) is 0.585. The number of aliphatic hydroxyl groups excluding tert-OH is 1. The zero-order chi connectivity index (χ0) is 36.2. The summed E-state index contributed by atoms with van der Waals surface area (Å²) in [6.07, 6.45) is 14.6. The Morgan fingerprint density at radius 2 is 2.04 bits per heavy atom. The van der Waals surface area contributed by atoms with Gasteiger partial charge in [-0.15, -0.1) is 6.58 Å². The van der Waals surface area contributed by atoms with Crippen molar-refractivity contribution in [3.8, 4) is 5.75 Å². The van der Waals surface area contributed by atoms with Crippen LogP contribution in [0.15, 0.2) is 61.2 Å². The number of aliphatic hydroxyl groups is 1. The van der Waals surface area contributed by atoms with E-state index < -0.39 is 27.3 Å². The first-order chi connectivity index (χ1) is 24.5. The summed E-state index contributed by atoms with van der Waals surface area (Å²) in [6, 6.07) is 11.4. The second kappa shape index (κ2) is 16.4. The normalized spacial score (nSPS) is 26.4. The summed E-state index contributed by atoms with van der Waals surface area (Å²) in [4.78, 5) is 16.2. The molecule has 0 radical (unpaired) electrons. The van der Waals surface area contributed by atoms with Crippen LogP contribution in [-0.4, -0.2) is 63.2 Å². The maximum atomic E-state index is 13.9. The maximum absolute atomic E-state index is 13.9. The average Bonchev–Trinajstić information content (AvgIpc) is 3.56. The molecule has 2 aromatic rings. The summed E-state index contributed by atoms with van der Waals surface area (Å²) in [7, 11) is -4.04. The number of sulfonamides is 1. The molecule has 2 heterocycles. The highest BCUT2D eigenvalue weighted by Gasteiger charge is 2.44. The number of nitrogens with one attached hydrogen (secondary N) is 1. The van der Waals surface area contributed by atoms with Crippen molar-refractivity contribution in [3.05, 3.63) is 82.9 Å². The third-order valence-corrected chi connectivity index (χ3v) is 13.9. The van der Waals surface area contributed by atoms with Gasteiger partial charge in [-0.2, -0.15) is 0 Å². The number of allylic oxidation sites excluding steroid dienone is 2. The summed E-state index contributed by atoms with van der Waals surface area (Å²) in [5, 5.41) is 11.0. The van der Waals surface area contributed by atoms with Crippen LogP contribution in [0, 0.1) is 17.8 Å².